The number of fused-ring (bicyclic) bond motifs is 2. The average Bonchev–Trinajstić information content (AvgIpc) is 3.53. The van der Waals surface area contributed by atoms with Crippen molar-refractivity contribution in [3.63, 3.8) is 0 Å². The highest BCUT2D eigenvalue weighted by Gasteiger charge is 2.16. The molecule has 0 saturated carbocycles. The fourth-order valence-electron chi connectivity index (χ4n) is 4.00. The smallest absolute Gasteiger partial charge is 0.251 e. The second-order valence-electron chi connectivity index (χ2n) is 8.05. The van der Waals surface area contributed by atoms with Crippen LogP contribution >= 0.6 is 0 Å². The summed E-state index contributed by atoms with van der Waals surface area (Å²) in [5, 5.41) is 6.41. The molecule has 3 heterocycles. The molecular formula is C27H21N5O3. The molecule has 3 aromatic carbocycles. The molecule has 8 heteroatoms. The van der Waals surface area contributed by atoms with Crippen molar-refractivity contribution in [3.8, 4) is 22.8 Å². The minimum absolute atomic E-state index is 0.153. The number of amides is 1. The summed E-state index contributed by atoms with van der Waals surface area (Å²) >= 11 is 0. The van der Waals surface area contributed by atoms with E-state index in [1.54, 1.807) is 24.5 Å². The molecule has 172 valence electrons. The van der Waals surface area contributed by atoms with E-state index in [1.165, 1.54) is 0 Å². The van der Waals surface area contributed by atoms with Crippen LogP contribution in [0.25, 0.3) is 16.9 Å². The van der Waals surface area contributed by atoms with E-state index in [0.717, 1.165) is 39.7 Å². The van der Waals surface area contributed by atoms with E-state index in [-0.39, 0.29) is 12.7 Å². The number of rotatable bonds is 6. The largest absolute Gasteiger partial charge is 0.454 e. The molecule has 0 spiro atoms. The molecule has 0 bridgehead atoms. The lowest BCUT2D eigenvalue weighted by Crippen LogP contribution is -2.22. The Labute approximate surface area is 201 Å². The molecule has 6 rings (SSSR count). The third-order valence-electron chi connectivity index (χ3n) is 5.78. The quantitative estimate of drug-likeness (QED) is 0.376. The zero-order chi connectivity index (χ0) is 23.6. The van der Waals surface area contributed by atoms with Gasteiger partial charge in [-0.2, -0.15) is 0 Å². The molecule has 2 N–H and O–H groups in total. The van der Waals surface area contributed by atoms with Gasteiger partial charge in [-0.3, -0.25) is 14.2 Å². The maximum atomic E-state index is 12.7. The van der Waals surface area contributed by atoms with E-state index in [4.69, 9.17) is 14.5 Å². The highest BCUT2D eigenvalue weighted by molar-refractivity contribution is 5.94. The van der Waals surface area contributed by atoms with Crippen LogP contribution in [0.3, 0.4) is 0 Å². The Hall–Kier alpha value is -4.85. The fourth-order valence-corrected chi connectivity index (χ4v) is 4.00. The molecule has 0 fully saturated rings. The number of nitrogens with one attached hydrogen (secondary N) is 2. The van der Waals surface area contributed by atoms with Crippen molar-refractivity contribution in [2.75, 3.05) is 12.1 Å². The lowest BCUT2D eigenvalue weighted by Gasteiger charge is -2.10. The van der Waals surface area contributed by atoms with E-state index in [1.807, 2.05) is 71.3 Å². The second kappa shape index (κ2) is 8.83. The minimum Gasteiger partial charge on any atom is -0.454 e. The zero-order valence-electron chi connectivity index (χ0n) is 18.6. The normalized spacial score (nSPS) is 12.0. The van der Waals surface area contributed by atoms with Gasteiger partial charge < -0.3 is 20.1 Å². The van der Waals surface area contributed by atoms with Gasteiger partial charge in [-0.05, 0) is 42.0 Å². The lowest BCUT2D eigenvalue weighted by molar-refractivity contribution is 0.0951. The molecule has 1 aliphatic rings. The van der Waals surface area contributed by atoms with Gasteiger partial charge in [0.25, 0.3) is 5.91 Å². The first-order valence-corrected chi connectivity index (χ1v) is 11.2. The number of ether oxygens (including phenoxy) is 2. The van der Waals surface area contributed by atoms with Gasteiger partial charge in [0.15, 0.2) is 17.1 Å². The highest BCUT2D eigenvalue weighted by Crippen LogP contribution is 2.33. The van der Waals surface area contributed by atoms with Gasteiger partial charge in [0.05, 0.1) is 6.20 Å². The molecule has 8 nitrogen and oxygen atoms in total. The number of carbonyl (C=O) groups is 1. The SMILES string of the molecule is O=C(NCc1ccc2c(c1)OCO2)c1ccc(Nc2c(-c3ccccc3)nc3cnccn23)cc1. The minimum atomic E-state index is -0.153. The molecule has 0 aliphatic carbocycles. The van der Waals surface area contributed by atoms with Gasteiger partial charge in [0, 0.05) is 35.8 Å². The van der Waals surface area contributed by atoms with Crippen molar-refractivity contribution in [1.29, 1.82) is 0 Å². The zero-order valence-corrected chi connectivity index (χ0v) is 18.6. The topological polar surface area (TPSA) is 89.8 Å². The van der Waals surface area contributed by atoms with Gasteiger partial charge in [-0.15, -0.1) is 0 Å². The molecular weight excluding hydrogens is 442 g/mol. The van der Waals surface area contributed by atoms with Gasteiger partial charge >= 0.3 is 0 Å². The number of anilines is 2. The second-order valence-corrected chi connectivity index (χ2v) is 8.05. The summed E-state index contributed by atoms with van der Waals surface area (Å²) in [6, 6.07) is 23.0. The molecule has 1 aliphatic heterocycles. The Balaban J connectivity index is 1.19. The maximum Gasteiger partial charge on any atom is 0.251 e. The van der Waals surface area contributed by atoms with Gasteiger partial charge in [-0.1, -0.05) is 36.4 Å². The molecule has 0 radical (unpaired) electrons. The summed E-state index contributed by atoms with van der Waals surface area (Å²) in [4.78, 5) is 21.6. The summed E-state index contributed by atoms with van der Waals surface area (Å²) in [7, 11) is 0. The van der Waals surface area contributed by atoms with Gasteiger partial charge in [0.1, 0.15) is 11.5 Å². The van der Waals surface area contributed by atoms with Crippen LogP contribution in [0.2, 0.25) is 0 Å². The first kappa shape index (κ1) is 20.7. The first-order chi connectivity index (χ1) is 17.2. The fraction of sp³-hybridized carbons (Fsp3) is 0.0741. The lowest BCUT2D eigenvalue weighted by atomic mass is 10.1. The molecule has 35 heavy (non-hydrogen) atoms. The predicted octanol–water partition coefficient (Wildman–Crippen LogP) is 4.80. The van der Waals surface area contributed by atoms with Crippen molar-refractivity contribution in [1.82, 2.24) is 19.7 Å². The first-order valence-electron chi connectivity index (χ1n) is 11.2. The van der Waals surface area contributed by atoms with Crippen molar-refractivity contribution >= 4 is 23.1 Å². The molecule has 1 amide bonds. The van der Waals surface area contributed by atoms with Crippen molar-refractivity contribution in [3.05, 3.63) is 103 Å². The van der Waals surface area contributed by atoms with Crippen LogP contribution in [-0.2, 0) is 6.54 Å². The van der Waals surface area contributed by atoms with E-state index < -0.39 is 0 Å². The summed E-state index contributed by atoms with van der Waals surface area (Å²) < 4.78 is 12.7. The summed E-state index contributed by atoms with van der Waals surface area (Å²) in [6.45, 7) is 0.621. The van der Waals surface area contributed by atoms with Crippen molar-refractivity contribution in [2.45, 2.75) is 6.54 Å². The van der Waals surface area contributed by atoms with Crippen LogP contribution in [0.5, 0.6) is 11.5 Å². The van der Waals surface area contributed by atoms with Crippen LogP contribution in [0.4, 0.5) is 11.5 Å². The summed E-state index contributed by atoms with van der Waals surface area (Å²) in [6.07, 6.45) is 5.32. The van der Waals surface area contributed by atoms with E-state index in [0.29, 0.717) is 17.9 Å². The van der Waals surface area contributed by atoms with Crippen LogP contribution < -0.4 is 20.1 Å². The van der Waals surface area contributed by atoms with Crippen LogP contribution in [0.15, 0.2) is 91.4 Å². The molecule has 0 unspecified atom stereocenters. The number of imidazole rings is 1. The Morgan fingerprint density at radius 2 is 1.80 bits per heavy atom. The van der Waals surface area contributed by atoms with Crippen molar-refractivity contribution in [2.24, 2.45) is 0 Å². The molecule has 0 atom stereocenters. The Morgan fingerprint density at radius 3 is 2.66 bits per heavy atom. The third kappa shape index (κ3) is 4.13. The highest BCUT2D eigenvalue weighted by atomic mass is 16.7. The number of hydrogen-bond acceptors (Lipinski definition) is 6. The number of carbonyl (C=O) groups excluding carboxylic acids is 1. The third-order valence-corrected chi connectivity index (χ3v) is 5.78. The molecule has 2 aromatic heterocycles. The Bertz CT molecular complexity index is 1510. The van der Waals surface area contributed by atoms with Crippen LogP contribution in [0, 0.1) is 0 Å². The number of hydrogen-bond donors (Lipinski definition) is 2. The Kier molecular flexibility index (Phi) is 5.23. The monoisotopic (exact) mass is 463 g/mol. The van der Waals surface area contributed by atoms with Crippen LogP contribution in [0.1, 0.15) is 15.9 Å². The predicted molar refractivity (Wildman–Crippen MR) is 132 cm³/mol. The number of aromatic nitrogens is 3. The molecule has 0 saturated heterocycles. The summed E-state index contributed by atoms with van der Waals surface area (Å²) in [5.74, 6) is 2.10. The van der Waals surface area contributed by atoms with E-state index in [9.17, 15) is 4.79 Å². The summed E-state index contributed by atoms with van der Waals surface area (Å²) in [5.41, 5.74) is 4.92. The van der Waals surface area contributed by atoms with E-state index >= 15 is 0 Å². The van der Waals surface area contributed by atoms with Gasteiger partial charge in [-0.25, -0.2) is 4.98 Å². The number of nitrogens with zero attached hydrogens (tertiary/aromatic N) is 3. The van der Waals surface area contributed by atoms with E-state index in [2.05, 4.69) is 15.6 Å². The molecule has 5 aromatic rings. The Morgan fingerprint density at radius 1 is 0.971 bits per heavy atom. The van der Waals surface area contributed by atoms with Crippen LogP contribution in [-0.4, -0.2) is 27.1 Å². The number of benzene rings is 3. The van der Waals surface area contributed by atoms with Gasteiger partial charge in [0.2, 0.25) is 6.79 Å². The van der Waals surface area contributed by atoms with Crippen molar-refractivity contribution < 1.29 is 14.3 Å². The maximum absolute atomic E-state index is 12.7. The standard InChI is InChI=1S/C27H21N5O3/c33-27(29-15-18-6-11-22-23(14-18)35-17-34-22)20-7-9-21(10-8-20)30-26-25(19-4-2-1-3-5-19)31-24-16-28-12-13-32(24)26/h1-14,16,30H,15,17H2,(H,29,33). The average molecular weight is 463 g/mol.